The third-order valence-corrected chi connectivity index (χ3v) is 4.33. The number of hydrogen-bond donors (Lipinski definition) is 3. The van der Waals surface area contributed by atoms with Gasteiger partial charge in [-0.2, -0.15) is 0 Å². The summed E-state index contributed by atoms with van der Waals surface area (Å²) in [6, 6.07) is 18.3. The molecule has 3 aromatic rings. The summed E-state index contributed by atoms with van der Waals surface area (Å²) in [5.41, 5.74) is 2.29. The van der Waals surface area contributed by atoms with E-state index in [1.807, 2.05) is 74.4 Å². The molecule has 9 nitrogen and oxygen atoms in total. The molecule has 2 amide bonds. The highest BCUT2D eigenvalue weighted by molar-refractivity contribution is 5.94. The van der Waals surface area contributed by atoms with Gasteiger partial charge in [0.05, 0.1) is 0 Å². The molecule has 3 N–H and O–H groups in total. The molecule has 166 valence electrons. The first-order chi connectivity index (χ1) is 15.4. The highest BCUT2D eigenvalue weighted by atomic mass is 16.5. The fourth-order valence-corrected chi connectivity index (χ4v) is 2.76. The highest BCUT2D eigenvalue weighted by Crippen LogP contribution is 2.20. The van der Waals surface area contributed by atoms with E-state index in [1.54, 1.807) is 12.1 Å². The number of alkyl carbamates (subject to hydrolysis) is 1. The number of carbonyl (C=O) groups is 2. The van der Waals surface area contributed by atoms with Crippen molar-refractivity contribution in [2.75, 3.05) is 36.2 Å². The molecular weight excluding hydrogens is 408 g/mol. The molecule has 0 aliphatic rings. The van der Waals surface area contributed by atoms with Crippen molar-refractivity contribution in [3.8, 4) is 0 Å². The summed E-state index contributed by atoms with van der Waals surface area (Å²) < 4.78 is 5.08. The molecule has 0 aliphatic carbocycles. The first-order valence-electron chi connectivity index (χ1n) is 10.0. The molecule has 2 aromatic carbocycles. The summed E-state index contributed by atoms with van der Waals surface area (Å²) in [5, 5.41) is 8.38. The van der Waals surface area contributed by atoms with Crippen molar-refractivity contribution in [3.05, 3.63) is 72.1 Å². The molecule has 3 rings (SSSR count). The van der Waals surface area contributed by atoms with Gasteiger partial charge in [0.25, 0.3) is 0 Å². The van der Waals surface area contributed by atoms with Crippen LogP contribution in [0.4, 0.5) is 27.8 Å². The Hall–Kier alpha value is -4.14. The van der Waals surface area contributed by atoms with Gasteiger partial charge in [-0.1, -0.05) is 30.3 Å². The topological polar surface area (TPSA) is 108 Å². The van der Waals surface area contributed by atoms with Gasteiger partial charge in [-0.25, -0.2) is 14.8 Å². The van der Waals surface area contributed by atoms with Gasteiger partial charge >= 0.3 is 6.09 Å². The molecular formula is C23H26N6O3. The van der Waals surface area contributed by atoms with Crippen molar-refractivity contribution < 1.29 is 14.3 Å². The summed E-state index contributed by atoms with van der Waals surface area (Å²) in [7, 11) is 3.84. The van der Waals surface area contributed by atoms with Gasteiger partial charge in [-0.15, -0.1) is 0 Å². The number of aryl methyl sites for hydroxylation is 1. The Balaban J connectivity index is 1.46. The normalized spacial score (nSPS) is 10.2. The quantitative estimate of drug-likeness (QED) is 0.498. The Bertz CT molecular complexity index is 1060. The van der Waals surface area contributed by atoms with E-state index in [9.17, 15) is 9.59 Å². The van der Waals surface area contributed by atoms with E-state index < -0.39 is 6.09 Å². The summed E-state index contributed by atoms with van der Waals surface area (Å²) in [5.74, 6) is 1.79. The highest BCUT2D eigenvalue weighted by Gasteiger charge is 2.08. The Kier molecular flexibility index (Phi) is 7.58. The first kappa shape index (κ1) is 22.5. The van der Waals surface area contributed by atoms with Gasteiger partial charge in [-0.3, -0.25) is 4.79 Å². The third-order valence-electron chi connectivity index (χ3n) is 4.33. The number of hydrogen-bond acceptors (Lipinski definition) is 7. The molecule has 0 saturated heterocycles. The van der Waals surface area contributed by atoms with Crippen molar-refractivity contribution in [3.63, 3.8) is 0 Å². The Labute approximate surface area is 186 Å². The van der Waals surface area contributed by atoms with Gasteiger partial charge in [0.15, 0.2) is 0 Å². The molecule has 0 radical (unpaired) electrons. The van der Waals surface area contributed by atoms with Crippen LogP contribution in [0.15, 0.2) is 60.7 Å². The number of carbonyl (C=O) groups excluding carboxylic acids is 2. The maximum Gasteiger partial charge on any atom is 0.407 e. The zero-order valence-electron chi connectivity index (χ0n) is 18.3. The van der Waals surface area contributed by atoms with Gasteiger partial charge in [0, 0.05) is 31.5 Å². The molecule has 0 bridgehead atoms. The number of nitrogens with one attached hydrogen (secondary N) is 3. The van der Waals surface area contributed by atoms with Crippen LogP contribution in [-0.4, -0.2) is 42.6 Å². The standard InChI is InChI=1S/C23H26N6O3/c1-16-25-20(13-21(26-16)29(2)3)27-18-9-11-19(12-10-18)28-22(30)14-24-23(31)32-15-17-7-5-4-6-8-17/h4-13H,14-15H2,1-3H3,(H,24,31)(H,28,30)(H,25,26,27). The lowest BCUT2D eigenvalue weighted by atomic mass is 10.2. The van der Waals surface area contributed by atoms with Crippen LogP contribution in [0.5, 0.6) is 0 Å². The lowest BCUT2D eigenvalue weighted by molar-refractivity contribution is -0.115. The van der Waals surface area contributed by atoms with Crippen LogP contribution in [0.1, 0.15) is 11.4 Å². The minimum atomic E-state index is -0.652. The van der Waals surface area contributed by atoms with Crippen molar-refractivity contribution >= 4 is 35.0 Å². The molecule has 9 heteroatoms. The zero-order valence-corrected chi connectivity index (χ0v) is 18.3. The van der Waals surface area contributed by atoms with Crippen molar-refractivity contribution in [1.29, 1.82) is 0 Å². The van der Waals surface area contributed by atoms with E-state index >= 15 is 0 Å². The molecule has 0 saturated carbocycles. The van der Waals surface area contributed by atoms with E-state index in [0.717, 1.165) is 17.1 Å². The van der Waals surface area contributed by atoms with Crippen molar-refractivity contribution in [1.82, 2.24) is 15.3 Å². The van der Waals surface area contributed by atoms with E-state index in [0.29, 0.717) is 17.3 Å². The molecule has 32 heavy (non-hydrogen) atoms. The van der Waals surface area contributed by atoms with Crippen LogP contribution in [-0.2, 0) is 16.1 Å². The van der Waals surface area contributed by atoms with E-state index in [2.05, 4.69) is 25.9 Å². The first-order valence-corrected chi connectivity index (χ1v) is 10.0. The van der Waals surface area contributed by atoms with E-state index in [1.165, 1.54) is 0 Å². The fraction of sp³-hybridized carbons (Fsp3) is 0.217. The number of amides is 2. The summed E-state index contributed by atoms with van der Waals surface area (Å²) in [6.07, 6.45) is -0.652. The predicted octanol–water partition coefficient (Wildman–Crippen LogP) is 3.46. The van der Waals surface area contributed by atoms with Crippen LogP contribution in [0, 0.1) is 6.92 Å². The Morgan fingerprint density at radius 1 is 0.969 bits per heavy atom. The minimum Gasteiger partial charge on any atom is -0.445 e. The molecule has 0 spiro atoms. The van der Waals surface area contributed by atoms with Gasteiger partial charge < -0.3 is 25.6 Å². The molecule has 0 unspecified atom stereocenters. The average molecular weight is 435 g/mol. The van der Waals surface area contributed by atoms with Gasteiger partial charge in [0.1, 0.15) is 30.6 Å². The summed E-state index contributed by atoms with van der Waals surface area (Å²) >= 11 is 0. The number of ether oxygens (including phenoxy) is 1. The van der Waals surface area contributed by atoms with Gasteiger partial charge in [-0.05, 0) is 36.8 Å². The van der Waals surface area contributed by atoms with Crippen molar-refractivity contribution in [2.24, 2.45) is 0 Å². The molecule has 1 heterocycles. The smallest absolute Gasteiger partial charge is 0.407 e. The predicted molar refractivity (Wildman–Crippen MR) is 124 cm³/mol. The van der Waals surface area contributed by atoms with Crippen LogP contribution in [0.2, 0.25) is 0 Å². The molecule has 0 fully saturated rings. The lowest BCUT2D eigenvalue weighted by Gasteiger charge is -2.14. The Morgan fingerprint density at radius 2 is 1.66 bits per heavy atom. The van der Waals surface area contributed by atoms with Crippen LogP contribution >= 0.6 is 0 Å². The second-order valence-corrected chi connectivity index (χ2v) is 7.22. The number of aromatic nitrogens is 2. The molecule has 1 aromatic heterocycles. The van der Waals surface area contributed by atoms with Gasteiger partial charge in [0.2, 0.25) is 5.91 Å². The third kappa shape index (κ3) is 6.98. The van der Waals surface area contributed by atoms with Crippen molar-refractivity contribution in [2.45, 2.75) is 13.5 Å². The number of rotatable bonds is 8. The van der Waals surface area contributed by atoms with E-state index in [4.69, 9.17) is 4.74 Å². The average Bonchev–Trinajstić information content (AvgIpc) is 2.78. The fourth-order valence-electron chi connectivity index (χ4n) is 2.76. The zero-order chi connectivity index (χ0) is 22.9. The minimum absolute atomic E-state index is 0.144. The van der Waals surface area contributed by atoms with Crippen LogP contribution < -0.4 is 20.9 Å². The number of benzene rings is 2. The number of nitrogens with zero attached hydrogens (tertiary/aromatic N) is 3. The summed E-state index contributed by atoms with van der Waals surface area (Å²) in [6.45, 7) is 1.79. The lowest BCUT2D eigenvalue weighted by Crippen LogP contribution is -2.33. The summed E-state index contributed by atoms with van der Waals surface area (Å²) in [4.78, 5) is 34.5. The SMILES string of the molecule is Cc1nc(Nc2ccc(NC(=O)CNC(=O)OCc3ccccc3)cc2)cc(N(C)C)n1. The Morgan fingerprint density at radius 3 is 2.34 bits per heavy atom. The monoisotopic (exact) mass is 434 g/mol. The second kappa shape index (κ2) is 10.8. The van der Waals surface area contributed by atoms with E-state index in [-0.39, 0.29) is 19.1 Å². The number of anilines is 4. The van der Waals surface area contributed by atoms with Crippen LogP contribution in [0.25, 0.3) is 0 Å². The maximum atomic E-state index is 12.1. The maximum absolute atomic E-state index is 12.1. The molecule has 0 aliphatic heterocycles. The second-order valence-electron chi connectivity index (χ2n) is 7.22. The largest absolute Gasteiger partial charge is 0.445 e. The molecule has 0 atom stereocenters. The van der Waals surface area contributed by atoms with Crippen LogP contribution in [0.3, 0.4) is 0 Å².